The number of hydrogen-bond acceptors (Lipinski definition) is 3. The minimum Gasteiger partial charge on any atom is -0.487 e. The lowest BCUT2D eigenvalue weighted by Crippen LogP contribution is -2.00. The smallest absolute Gasteiger partial charge is 0.143 e. The second-order valence-corrected chi connectivity index (χ2v) is 4.12. The molecule has 0 bridgehead atoms. The molecule has 0 aliphatic rings. The third kappa shape index (κ3) is 1.93. The Hall–Kier alpha value is -2.36. The fourth-order valence-electron chi connectivity index (χ4n) is 1.88. The van der Waals surface area contributed by atoms with Crippen LogP contribution in [0.25, 0.3) is 5.65 Å². The molecule has 0 radical (unpaired) electrons. The zero-order chi connectivity index (χ0) is 12.4. The number of pyridine rings is 2. The molecule has 0 unspecified atom stereocenters. The summed E-state index contributed by atoms with van der Waals surface area (Å²) >= 11 is 0. The van der Waals surface area contributed by atoms with Gasteiger partial charge in [0.15, 0.2) is 0 Å². The van der Waals surface area contributed by atoms with Crippen LogP contribution in [0.3, 0.4) is 0 Å². The molecule has 0 N–H and O–H groups in total. The summed E-state index contributed by atoms with van der Waals surface area (Å²) < 4.78 is 7.77. The van der Waals surface area contributed by atoms with Gasteiger partial charge in [0.1, 0.15) is 18.0 Å². The number of hydrogen-bond donors (Lipinski definition) is 0. The van der Waals surface area contributed by atoms with Crippen LogP contribution in [0.1, 0.15) is 11.1 Å². The number of aryl methyl sites for hydroxylation is 1. The molecule has 0 saturated heterocycles. The van der Waals surface area contributed by atoms with Gasteiger partial charge in [-0.3, -0.25) is 4.98 Å². The molecule has 4 nitrogen and oxygen atoms in total. The van der Waals surface area contributed by atoms with Crippen LogP contribution in [-0.2, 0) is 6.61 Å². The predicted octanol–water partition coefficient (Wildman–Crippen LogP) is 2.62. The summed E-state index contributed by atoms with van der Waals surface area (Å²) in [4.78, 5) is 8.38. The van der Waals surface area contributed by atoms with Gasteiger partial charge >= 0.3 is 0 Å². The van der Waals surface area contributed by atoms with Gasteiger partial charge in [0.2, 0.25) is 0 Å². The Morgan fingerprint density at radius 2 is 2.17 bits per heavy atom. The van der Waals surface area contributed by atoms with E-state index in [1.54, 1.807) is 18.6 Å². The average molecular weight is 239 g/mol. The lowest BCUT2D eigenvalue weighted by molar-refractivity contribution is 0.303. The molecule has 4 heteroatoms. The standard InChI is InChI=1S/C14H13N3O/c1-11-4-5-15-9-13(11)18-10-12-3-2-7-17-8-6-16-14(12)17/h2-9H,10H2,1H3. The van der Waals surface area contributed by atoms with Gasteiger partial charge in [0.25, 0.3) is 0 Å². The van der Waals surface area contributed by atoms with Crippen molar-refractivity contribution in [2.75, 3.05) is 0 Å². The van der Waals surface area contributed by atoms with Crippen LogP contribution in [0, 0.1) is 6.92 Å². The van der Waals surface area contributed by atoms with Gasteiger partial charge in [-0.15, -0.1) is 0 Å². The fraction of sp³-hybridized carbons (Fsp3) is 0.143. The van der Waals surface area contributed by atoms with Crippen LogP contribution in [0.5, 0.6) is 5.75 Å². The predicted molar refractivity (Wildman–Crippen MR) is 68.5 cm³/mol. The molecule has 3 heterocycles. The van der Waals surface area contributed by atoms with Crippen molar-refractivity contribution in [1.82, 2.24) is 14.4 Å². The Morgan fingerprint density at radius 3 is 3.06 bits per heavy atom. The molecule has 3 aromatic rings. The summed E-state index contributed by atoms with van der Waals surface area (Å²) in [6.07, 6.45) is 9.18. The topological polar surface area (TPSA) is 39.4 Å². The molecular formula is C14H13N3O. The maximum Gasteiger partial charge on any atom is 0.143 e. The van der Waals surface area contributed by atoms with Crippen molar-refractivity contribution < 1.29 is 4.74 Å². The maximum atomic E-state index is 5.78. The van der Waals surface area contributed by atoms with Gasteiger partial charge in [-0.05, 0) is 24.6 Å². The van der Waals surface area contributed by atoms with E-state index in [1.807, 2.05) is 41.9 Å². The van der Waals surface area contributed by atoms with Crippen molar-refractivity contribution in [3.8, 4) is 5.75 Å². The van der Waals surface area contributed by atoms with Crippen LogP contribution < -0.4 is 4.74 Å². The minimum absolute atomic E-state index is 0.494. The summed E-state index contributed by atoms with van der Waals surface area (Å²) in [5, 5.41) is 0. The Balaban J connectivity index is 1.85. The van der Waals surface area contributed by atoms with E-state index in [9.17, 15) is 0 Å². The zero-order valence-corrected chi connectivity index (χ0v) is 10.1. The quantitative estimate of drug-likeness (QED) is 0.705. The molecule has 0 fully saturated rings. The molecule has 90 valence electrons. The van der Waals surface area contributed by atoms with Gasteiger partial charge in [-0.2, -0.15) is 0 Å². The van der Waals surface area contributed by atoms with Crippen molar-refractivity contribution in [1.29, 1.82) is 0 Å². The summed E-state index contributed by atoms with van der Waals surface area (Å²) in [6, 6.07) is 5.95. The highest BCUT2D eigenvalue weighted by Gasteiger charge is 2.04. The Bertz CT molecular complexity index is 675. The van der Waals surface area contributed by atoms with Crippen molar-refractivity contribution in [2.45, 2.75) is 13.5 Å². The van der Waals surface area contributed by atoms with E-state index in [0.29, 0.717) is 6.61 Å². The molecule has 18 heavy (non-hydrogen) atoms. The van der Waals surface area contributed by atoms with E-state index in [2.05, 4.69) is 9.97 Å². The number of aromatic nitrogens is 3. The third-order valence-electron chi connectivity index (χ3n) is 2.87. The summed E-state index contributed by atoms with van der Waals surface area (Å²) in [5.41, 5.74) is 3.07. The normalized spacial score (nSPS) is 10.7. The second-order valence-electron chi connectivity index (χ2n) is 4.12. The number of nitrogens with zero attached hydrogens (tertiary/aromatic N) is 3. The first kappa shape index (κ1) is 10.8. The van der Waals surface area contributed by atoms with Crippen molar-refractivity contribution in [2.24, 2.45) is 0 Å². The largest absolute Gasteiger partial charge is 0.487 e. The first-order valence-corrected chi connectivity index (χ1v) is 5.78. The molecule has 0 atom stereocenters. The van der Waals surface area contributed by atoms with E-state index < -0.39 is 0 Å². The third-order valence-corrected chi connectivity index (χ3v) is 2.87. The Labute approximate surface area is 105 Å². The van der Waals surface area contributed by atoms with Crippen molar-refractivity contribution in [3.05, 3.63) is 60.3 Å². The Morgan fingerprint density at radius 1 is 1.22 bits per heavy atom. The average Bonchev–Trinajstić information content (AvgIpc) is 2.86. The minimum atomic E-state index is 0.494. The molecule has 3 aromatic heterocycles. The molecule has 0 amide bonds. The van der Waals surface area contributed by atoms with Crippen LogP contribution in [0.15, 0.2) is 49.2 Å². The van der Waals surface area contributed by atoms with E-state index in [-0.39, 0.29) is 0 Å². The zero-order valence-electron chi connectivity index (χ0n) is 10.1. The van der Waals surface area contributed by atoms with Crippen molar-refractivity contribution in [3.63, 3.8) is 0 Å². The van der Waals surface area contributed by atoms with Gasteiger partial charge in [0.05, 0.1) is 6.20 Å². The maximum absolute atomic E-state index is 5.78. The summed E-state index contributed by atoms with van der Waals surface area (Å²) in [6.45, 7) is 2.50. The van der Waals surface area contributed by atoms with Gasteiger partial charge in [-0.1, -0.05) is 6.07 Å². The molecule has 0 spiro atoms. The second kappa shape index (κ2) is 4.49. The number of imidazole rings is 1. The molecule has 0 aromatic carbocycles. The van der Waals surface area contributed by atoms with Gasteiger partial charge in [-0.25, -0.2) is 4.98 Å². The highest BCUT2D eigenvalue weighted by Crippen LogP contribution is 2.17. The highest BCUT2D eigenvalue weighted by atomic mass is 16.5. The molecule has 0 saturated carbocycles. The van der Waals surface area contributed by atoms with Gasteiger partial charge < -0.3 is 9.14 Å². The molecule has 0 aliphatic heterocycles. The van der Waals surface area contributed by atoms with Crippen LogP contribution in [-0.4, -0.2) is 14.4 Å². The van der Waals surface area contributed by atoms with E-state index in [0.717, 1.165) is 22.5 Å². The summed E-state index contributed by atoms with van der Waals surface area (Å²) in [5.74, 6) is 0.811. The van der Waals surface area contributed by atoms with Gasteiger partial charge in [0, 0.05) is 30.4 Å². The summed E-state index contributed by atoms with van der Waals surface area (Å²) in [7, 11) is 0. The van der Waals surface area contributed by atoms with E-state index in [1.165, 1.54) is 0 Å². The van der Waals surface area contributed by atoms with Crippen LogP contribution in [0.4, 0.5) is 0 Å². The molecule has 3 rings (SSSR count). The highest BCUT2D eigenvalue weighted by molar-refractivity contribution is 5.47. The number of fused-ring (bicyclic) bond motifs is 1. The first-order valence-electron chi connectivity index (χ1n) is 5.78. The number of rotatable bonds is 3. The lowest BCUT2D eigenvalue weighted by atomic mass is 10.2. The van der Waals surface area contributed by atoms with Crippen molar-refractivity contribution >= 4 is 5.65 Å². The molecule has 0 aliphatic carbocycles. The fourth-order valence-corrected chi connectivity index (χ4v) is 1.88. The SMILES string of the molecule is Cc1ccncc1OCc1cccn2ccnc12. The Kier molecular flexibility index (Phi) is 2.68. The monoisotopic (exact) mass is 239 g/mol. The van der Waals surface area contributed by atoms with Crippen LogP contribution in [0.2, 0.25) is 0 Å². The van der Waals surface area contributed by atoms with E-state index in [4.69, 9.17) is 4.74 Å². The van der Waals surface area contributed by atoms with Crippen LogP contribution >= 0.6 is 0 Å². The first-order chi connectivity index (χ1) is 8.84. The molecular weight excluding hydrogens is 226 g/mol. The van der Waals surface area contributed by atoms with E-state index >= 15 is 0 Å². The lowest BCUT2D eigenvalue weighted by Gasteiger charge is -2.08. The number of ether oxygens (including phenoxy) is 1.